The minimum absolute atomic E-state index is 0.0882. The standard InChI is InChI=1S/C16H32N2O2/c1-11(2)18(9-13(4)19)10-16(20)17-15-8-6-7-12(3)14(15)5/h11-15,19H,6-10H2,1-5H3,(H,17,20). The zero-order valence-corrected chi connectivity index (χ0v) is 13.7. The Morgan fingerprint density at radius 2 is 1.95 bits per heavy atom. The molecule has 4 nitrogen and oxygen atoms in total. The molecule has 118 valence electrons. The number of carbonyl (C=O) groups excluding carboxylic acids is 1. The maximum absolute atomic E-state index is 12.2. The van der Waals surface area contributed by atoms with E-state index in [9.17, 15) is 9.90 Å². The molecule has 0 bridgehead atoms. The predicted molar refractivity (Wildman–Crippen MR) is 82.5 cm³/mol. The van der Waals surface area contributed by atoms with Crippen molar-refractivity contribution in [1.29, 1.82) is 0 Å². The quantitative estimate of drug-likeness (QED) is 0.784. The van der Waals surface area contributed by atoms with Gasteiger partial charge in [0.1, 0.15) is 0 Å². The van der Waals surface area contributed by atoms with Crippen LogP contribution in [0.15, 0.2) is 0 Å². The first-order valence-corrected chi connectivity index (χ1v) is 8.02. The van der Waals surface area contributed by atoms with Gasteiger partial charge in [0.25, 0.3) is 0 Å². The first kappa shape index (κ1) is 17.4. The van der Waals surface area contributed by atoms with Crippen LogP contribution in [0.3, 0.4) is 0 Å². The van der Waals surface area contributed by atoms with Crippen molar-refractivity contribution in [2.75, 3.05) is 13.1 Å². The van der Waals surface area contributed by atoms with Gasteiger partial charge in [0.15, 0.2) is 0 Å². The molecule has 1 saturated carbocycles. The molecular formula is C16H32N2O2. The molecule has 4 atom stereocenters. The van der Waals surface area contributed by atoms with Crippen LogP contribution in [0.25, 0.3) is 0 Å². The zero-order chi connectivity index (χ0) is 15.3. The van der Waals surface area contributed by atoms with Gasteiger partial charge < -0.3 is 10.4 Å². The van der Waals surface area contributed by atoms with Gasteiger partial charge in [0.05, 0.1) is 12.6 Å². The Morgan fingerprint density at radius 3 is 2.50 bits per heavy atom. The van der Waals surface area contributed by atoms with Crippen LogP contribution >= 0.6 is 0 Å². The largest absolute Gasteiger partial charge is 0.392 e. The molecule has 20 heavy (non-hydrogen) atoms. The van der Waals surface area contributed by atoms with E-state index in [1.165, 1.54) is 12.8 Å². The molecule has 0 spiro atoms. The van der Waals surface area contributed by atoms with Crippen molar-refractivity contribution in [3.05, 3.63) is 0 Å². The molecule has 2 N–H and O–H groups in total. The van der Waals surface area contributed by atoms with Gasteiger partial charge >= 0.3 is 0 Å². The molecule has 4 heteroatoms. The Labute approximate surface area is 123 Å². The van der Waals surface area contributed by atoms with Crippen molar-refractivity contribution in [3.8, 4) is 0 Å². The lowest BCUT2D eigenvalue weighted by molar-refractivity contribution is -0.124. The maximum atomic E-state index is 12.2. The van der Waals surface area contributed by atoms with Gasteiger partial charge in [0, 0.05) is 18.6 Å². The number of amides is 1. The molecule has 4 unspecified atom stereocenters. The first-order chi connectivity index (χ1) is 9.31. The number of hydrogen-bond acceptors (Lipinski definition) is 3. The fourth-order valence-corrected chi connectivity index (χ4v) is 3.02. The van der Waals surface area contributed by atoms with E-state index in [0.29, 0.717) is 31.0 Å². The predicted octanol–water partition coefficient (Wildman–Crippen LogP) is 2.02. The van der Waals surface area contributed by atoms with Gasteiger partial charge in [-0.1, -0.05) is 26.7 Å². The molecule has 0 aromatic rings. The highest BCUT2D eigenvalue weighted by Crippen LogP contribution is 2.29. The molecule has 1 aliphatic carbocycles. The Morgan fingerprint density at radius 1 is 1.30 bits per heavy atom. The van der Waals surface area contributed by atoms with Crippen LogP contribution in [-0.4, -0.2) is 47.2 Å². The molecule has 1 rings (SSSR count). The minimum atomic E-state index is -0.404. The van der Waals surface area contributed by atoms with Gasteiger partial charge in [0.2, 0.25) is 5.91 Å². The molecule has 0 saturated heterocycles. The fourth-order valence-electron chi connectivity index (χ4n) is 3.02. The molecule has 0 aliphatic heterocycles. The molecule has 1 aliphatic rings. The Balaban J connectivity index is 2.48. The van der Waals surface area contributed by atoms with Crippen LogP contribution in [0.1, 0.15) is 53.9 Å². The normalized spacial score (nSPS) is 28.7. The van der Waals surface area contributed by atoms with Gasteiger partial charge in [-0.25, -0.2) is 0 Å². The van der Waals surface area contributed by atoms with Crippen LogP contribution in [0.5, 0.6) is 0 Å². The van der Waals surface area contributed by atoms with Crippen LogP contribution in [0.4, 0.5) is 0 Å². The number of rotatable bonds is 6. The number of aliphatic hydroxyl groups excluding tert-OH is 1. The fraction of sp³-hybridized carbons (Fsp3) is 0.938. The van der Waals surface area contributed by atoms with E-state index in [4.69, 9.17) is 0 Å². The van der Waals surface area contributed by atoms with Crippen molar-refractivity contribution < 1.29 is 9.90 Å². The summed E-state index contributed by atoms with van der Waals surface area (Å²) in [6.45, 7) is 11.3. The first-order valence-electron chi connectivity index (χ1n) is 8.02. The summed E-state index contributed by atoms with van der Waals surface area (Å²) < 4.78 is 0. The van der Waals surface area contributed by atoms with Gasteiger partial charge in [-0.05, 0) is 39.0 Å². The summed E-state index contributed by atoms with van der Waals surface area (Å²) in [7, 11) is 0. The second kappa shape index (κ2) is 7.99. The van der Waals surface area contributed by atoms with Crippen molar-refractivity contribution in [2.45, 2.75) is 72.1 Å². The van der Waals surface area contributed by atoms with E-state index in [1.54, 1.807) is 6.92 Å². The molecule has 0 aromatic heterocycles. The lowest BCUT2D eigenvalue weighted by Gasteiger charge is -2.35. The van der Waals surface area contributed by atoms with Crippen molar-refractivity contribution in [1.82, 2.24) is 10.2 Å². The van der Waals surface area contributed by atoms with E-state index in [-0.39, 0.29) is 11.9 Å². The summed E-state index contributed by atoms with van der Waals surface area (Å²) in [6, 6.07) is 0.574. The Kier molecular flexibility index (Phi) is 6.96. The molecule has 0 aromatic carbocycles. The smallest absolute Gasteiger partial charge is 0.234 e. The van der Waals surface area contributed by atoms with Crippen molar-refractivity contribution in [2.24, 2.45) is 11.8 Å². The minimum Gasteiger partial charge on any atom is -0.392 e. The number of aliphatic hydroxyl groups is 1. The number of carbonyl (C=O) groups is 1. The lowest BCUT2D eigenvalue weighted by Crippen LogP contribution is -2.49. The van der Waals surface area contributed by atoms with E-state index < -0.39 is 6.10 Å². The summed E-state index contributed by atoms with van der Waals surface area (Å²) in [5, 5.41) is 12.7. The van der Waals surface area contributed by atoms with Crippen LogP contribution in [-0.2, 0) is 4.79 Å². The monoisotopic (exact) mass is 284 g/mol. The highest BCUT2D eigenvalue weighted by Gasteiger charge is 2.28. The summed E-state index contributed by atoms with van der Waals surface area (Å²) in [6.07, 6.45) is 3.17. The van der Waals surface area contributed by atoms with Crippen LogP contribution in [0.2, 0.25) is 0 Å². The van der Waals surface area contributed by atoms with E-state index in [0.717, 1.165) is 6.42 Å². The van der Waals surface area contributed by atoms with E-state index in [1.807, 2.05) is 4.90 Å². The highest BCUT2D eigenvalue weighted by molar-refractivity contribution is 5.78. The topological polar surface area (TPSA) is 52.6 Å². The van der Waals surface area contributed by atoms with Crippen LogP contribution in [0, 0.1) is 11.8 Å². The Bertz CT molecular complexity index is 299. The van der Waals surface area contributed by atoms with Crippen molar-refractivity contribution >= 4 is 5.91 Å². The zero-order valence-electron chi connectivity index (χ0n) is 13.7. The highest BCUT2D eigenvalue weighted by atomic mass is 16.3. The number of nitrogens with zero attached hydrogens (tertiary/aromatic N) is 1. The third-order valence-electron chi connectivity index (χ3n) is 4.63. The number of nitrogens with one attached hydrogen (secondary N) is 1. The SMILES string of the molecule is CC(O)CN(CC(=O)NC1CCCC(C)C1C)C(C)C. The van der Waals surface area contributed by atoms with Gasteiger partial charge in [-0.3, -0.25) is 9.69 Å². The maximum Gasteiger partial charge on any atom is 0.234 e. The molecule has 0 heterocycles. The lowest BCUT2D eigenvalue weighted by atomic mass is 9.78. The summed E-state index contributed by atoms with van der Waals surface area (Å²) >= 11 is 0. The van der Waals surface area contributed by atoms with E-state index in [2.05, 4.69) is 33.0 Å². The van der Waals surface area contributed by atoms with Crippen LogP contribution < -0.4 is 5.32 Å². The molecule has 1 fully saturated rings. The number of hydrogen-bond donors (Lipinski definition) is 2. The van der Waals surface area contributed by atoms with Crippen molar-refractivity contribution in [3.63, 3.8) is 0 Å². The third-order valence-corrected chi connectivity index (χ3v) is 4.63. The van der Waals surface area contributed by atoms with E-state index >= 15 is 0 Å². The Hall–Kier alpha value is -0.610. The third kappa shape index (κ3) is 5.41. The summed E-state index contributed by atoms with van der Waals surface area (Å²) in [5.74, 6) is 1.33. The van der Waals surface area contributed by atoms with Gasteiger partial charge in [-0.15, -0.1) is 0 Å². The average molecular weight is 284 g/mol. The molecule has 1 amide bonds. The molecular weight excluding hydrogens is 252 g/mol. The van der Waals surface area contributed by atoms with Gasteiger partial charge in [-0.2, -0.15) is 0 Å². The average Bonchev–Trinajstić information content (AvgIpc) is 2.33. The molecule has 0 radical (unpaired) electrons. The summed E-state index contributed by atoms with van der Waals surface area (Å²) in [5.41, 5.74) is 0. The summed E-state index contributed by atoms with van der Waals surface area (Å²) in [4.78, 5) is 14.3. The second-order valence-corrected chi connectivity index (χ2v) is 6.81. The second-order valence-electron chi connectivity index (χ2n) is 6.81.